The number of carbonyl (C=O) groups excluding carboxylic acids is 1. The molecule has 0 radical (unpaired) electrons. The molecule has 1 aliphatic rings. The van der Waals surface area contributed by atoms with Crippen molar-refractivity contribution in [3.63, 3.8) is 0 Å². The van der Waals surface area contributed by atoms with Crippen LogP contribution in [-0.2, 0) is 20.7 Å². The van der Waals surface area contributed by atoms with Crippen LogP contribution < -0.4 is 5.32 Å². The molecule has 36 heavy (non-hydrogen) atoms. The van der Waals surface area contributed by atoms with Crippen molar-refractivity contribution in [2.45, 2.75) is 45.5 Å². The zero-order chi connectivity index (χ0) is 25.8. The molecule has 0 saturated carbocycles. The van der Waals surface area contributed by atoms with Gasteiger partial charge in [-0.2, -0.15) is 0 Å². The Balaban J connectivity index is 1.49. The smallest absolute Gasteiger partial charge is 0.492 e. The van der Waals surface area contributed by atoms with Crippen molar-refractivity contribution in [1.82, 2.24) is 5.32 Å². The Morgan fingerprint density at radius 2 is 1.44 bits per heavy atom. The lowest BCUT2D eigenvalue weighted by Gasteiger charge is -2.32. The minimum absolute atomic E-state index is 0.195. The second-order valence-corrected chi connectivity index (χ2v) is 9.89. The van der Waals surface area contributed by atoms with E-state index in [-0.39, 0.29) is 18.9 Å². The lowest BCUT2D eigenvalue weighted by atomic mass is 9.77. The Morgan fingerprint density at radius 1 is 0.889 bits per heavy atom. The highest BCUT2D eigenvalue weighted by Crippen LogP contribution is 2.38. The van der Waals surface area contributed by atoms with E-state index in [1.807, 2.05) is 101 Å². The van der Waals surface area contributed by atoms with Gasteiger partial charge in [-0.3, -0.25) is 0 Å². The number of alkyl carbamates (subject to hydrolysis) is 1. The molecule has 1 amide bonds. The van der Waals surface area contributed by atoms with Crippen molar-refractivity contribution < 1.29 is 23.9 Å². The van der Waals surface area contributed by atoms with Gasteiger partial charge in [0.25, 0.3) is 0 Å². The van der Waals surface area contributed by atoms with Gasteiger partial charge in [0.2, 0.25) is 0 Å². The largest absolute Gasteiger partial charge is 0.508 e. The number of hydrogen-bond donors (Lipinski definition) is 2. The molecule has 3 aromatic carbocycles. The molecule has 1 fully saturated rings. The lowest BCUT2D eigenvalue weighted by molar-refractivity contribution is 0.00578. The first kappa shape index (κ1) is 25.5. The molecule has 0 bridgehead atoms. The minimum Gasteiger partial charge on any atom is -0.508 e. The third-order valence-corrected chi connectivity index (χ3v) is 6.67. The van der Waals surface area contributed by atoms with Crippen LogP contribution in [-0.4, -0.2) is 36.1 Å². The first-order valence-electron chi connectivity index (χ1n) is 12.0. The quantitative estimate of drug-likeness (QED) is 0.402. The van der Waals surface area contributed by atoms with Crippen LogP contribution in [0.15, 0.2) is 84.3 Å². The highest BCUT2D eigenvalue weighted by Gasteiger charge is 2.52. The fourth-order valence-corrected chi connectivity index (χ4v) is 3.78. The Labute approximate surface area is 213 Å². The number of ether oxygens (including phenoxy) is 1. The molecule has 4 rings (SSSR count). The topological polar surface area (TPSA) is 77.0 Å². The van der Waals surface area contributed by atoms with E-state index in [0.717, 1.165) is 27.7 Å². The molecular weight excluding hydrogens is 453 g/mol. The van der Waals surface area contributed by atoms with E-state index in [0.29, 0.717) is 0 Å². The standard InChI is InChI=1S/C29H32BNO5/c1-28(2)29(3,4)36-30(35-28)25(19-31-27(33)34-20-22-8-6-5-7-9-22)18-21-10-12-23(13-11-21)24-14-16-26(32)17-15-24/h5-18,32H,19-20H2,1-4H3,(H,31,33). The van der Waals surface area contributed by atoms with Gasteiger partial charge in [-0.05, 0) is 67.6 Å². The van der Waals surface area contributed by atoms with Crippen molar-refractivity contribution >= 4 is 19.3 Å². The fraction of sp³-hybridized carbons (Fsp3) is 0.276. The summed E-state index contributed by atoms with van der Waals surface area (Å²) in [6.07, 6.45) is 1.46. The summed E-state index contributed by atoms with van der Waals surface area (Å²) in [5, 5.41) is 12.4. The van der Waals surface area contributed by atoms with Gasteiger partial charge in [-0.25, -0.2) is 4.79 Å². The third kappa shape index (κ3) is 6.17. The van der Waals surface area contributed by atoms with Gasteiger partial charge >= 0.3 is 13.2 Å². The van der Waals surface area contributed by atoms with E-state index in [1.165, 1.54) is 0 Å². The van der Waals surface area contributed by atoms with Crippen LogP contribution >= 0.6 is 0 Å². The summed E-state index contributed by atoms with van der Waals surface area (Å²) in [5.74, 6) is 0.236. The Kier molecular flexibility index (Phi) is 7.52. The van der Waals surface area contributed by atoms with Gasteiger partial charge in [-0.1, -0.05) is 72.8 Å². The molecule has 6 nitrogen and oxygen atoms in total. The number of phenols is 1. The summed E-state index contributed by atoms with van der Waals surface area (Å²) in [4.78, 5) is 12.4. The summed E-state index contributed by atoms with van der Waals surface area (Å²) in [7, 11) is -0.610. The van der Waals surface area contributed by atoms with Crippen molar-refractivity contribution in [3.05, 3.63) is 95.5 Å². The summed E-state index contributed by atoms with van der Waals surface area (Å²) in [6.45, 7) is 8.40. The molecule has 1 saturated heterocycles. The van der Waals surface area contributed by atoms with Crippen molar-refractivity contribution in [3.8, 4) is 16.9 Å². The molecule has 1 heterocycles. The average molecular weight is 485 g/mol. The van der Waals surface area contributed by atoms with E-state index in [9.17, 15) is 9.90 Å². The van der Waals surface area contributed by atoms with Crippen molar-refractivity contribution in [2.75, 3.05) is 6.54 Å². The average Bonchev–Trinajstić information content (AvgIpc) is 3.08. The number of aromatic hydroxyl groups is 1. The van der Waals surface area contributed by atoms with Crippen LogP contribution in [0.4, 0.5) is 4.79 Å². The summed E-state index contributed by atoms with van der Waals surface area (Å²) in [6, 6.07) is 24.7. The first-order chi connectivity index (χ1) is 17.1. The Bertz CT molecular complexity index is 1190. The minimum atomic E-state index is -0.610. The molecular formula is C29H32BNO5. The van der Waals surface area contributed by atoms with Crippen LogP contribution in [0.5, 0.6) is 5.75 Å². The van der Waals surface area contributed by atoms with Gasteiger partial charge in [-0.15, -0.1) is 0 Å². The fourth-order valence-electron chi connectivity index (χ4n) is 3.78. The van der Waals surface area contributed by atoms with Crippen molar-refractivity contribution in [2.24, 2.45) is 0 Å². The van der Waals surface area contributed by atoms with Gasteiger partial charge in [0.05, 0.1) is 11.2 Å². The number of amides is 1. The molecule has 186 valence electrons. The predicted molar refractivity (Wildman–Crippen MR) is 142 cm³/mol. The summed E-state index contributed by atoms with van der Waals surface area (Å²) in [5.41, 5.74) is 3.68. The monoisotopic (exact) mass is 485 g/mol. The second-order valence-electron chi connectivity index (χ2n) is 9.89. The van der Waals surface area contributed by atoms with E-state index < -0.39 is 24.4 Å². The van der Waals surface area contributed by atoms with E-state index in [1.54, 1.807) is 12.1 Å². The highest BCUT2D eigenvalue weighted by molar-refractivity contribution is 6.56. The second kappa shape index (κ2) is 10.6. The number of benzene rings is 3. The maximum absolute atomic E-state index is 12.4. The lowest BCUT2D eigenvalue weighted by Crippen LogP contribution is -2.41. The maximum Gasteiger partial charge on any atom is 0.492 e. The van der Waals surface area contributed by atoms with Crippen LogP contribution in [0.2, 0.25) is 0 Å². The molecule has 0 aliphatic carbocycles. The molecule has 7 heteroatoms. The van der Waals surface area contributed by atoms with E-state index in [2.05, 4.69) is 5.32 Å². The predicted octanol–water partition coefficient (Wildman–Crippen LogP) is 6.00. The maximum atomic E-state index is 12.4. The van der Waals surface area contributed by atoms with E-state index >= 15 is 0 Å². The van der Waals surface area contributed by atoms with Crippen LogP contribution in [0.25, 0.3) is 17.2 Å². The molecule has 0 spiro atoms. The van der Waals surface area contributed by atoms with Gasteiger partial charge < -0.3 is 24.5 Å². The van der Waals surface area contributed by atoms with Crippen molar-refractivity contribution in [1.29, 1.82) is 0 Å². The number of nitrogens with one attached hydrogen (secondary N) is 1. The van der Waals surface area contributed by atoms with Gasteiger partial charge in [0.1, 0.15) is 12.4 Å². The molecule has 0 aromatic heterocycles. The summed E-state index contributed by atoms with van der Waals surface area (Å²) < 4.78 is 17.9. The zero-order valence-electron chi connectivity index (χ0n) is 21.2. The van der Waals surface area contributed by atoms with Gasteiger partial charge in [0.15, 0.2) is 0 Å². The number of hydrogen-bond acceptors (Lipinski definition) is 5. The van der Waals surface area contributed by atoms with Crippen LogP contribution in [0.1, 0.15) is 38.8 Å². The molecule has 0 unspecified atom stereocenters. The number of phenolic OH excluding ortho intramolecular Hbond substituents is 1. The molecule has 3 aromatic rings. The Morgan fingerprint density at radius 3 is 2.03 bits per heavy atom. The van der Waals surface area contributed by atoms with Crippen LogP contribution in [0.3, 0.4) is 0 Å². The molecule has 2 N–H and O–H groups in total. The van der Waals surface area contributed by atoms with Crippen LogP contribution in [0, 0.1) is 0 Å². The molecule has 1 aliphatic heterocycles. The normalized spacial score (nSPS) is 16.6. The first-order valence-corrected chi connectivity index (χ1v) is 12.0. The highest BCUT2D eigenvalue weighted by atomic mass is 16.7. The third-order valence-electron chi connectivity index (χ3n) is 6.67. The van der Waals surface area contributed by atoms with E-state index in [4.69, 9.17) is 14.0 Å². The summed E-state index contributed by atoms with van der Waals surface area (Å²) >= 11 is 0. The zero-order valence-corrected chi connectivity index (χ0v) is 21.2. The number of rotatable bonds is 7. The number of carbonyl (C=O) groups is 1. The Hall–Kier alpha value is -3.55. The van der Waals surface area contributed by atoms with Gasteiger partial charge in [0, 0.05) is 6.54 Å². The SMILES string of the molecule is CC1(C)OB(C(=Cc2ccc(-c3ccc(O)cc3)cc2)CNC(=O)OCc2ccccc2)OC1(C)C. The molecule has 0 atom stereocenters.